The monoisotopic (exact) mass is 317 g/mol. The number of aryl methyl sites for hydroxylation is 1. The highest BCUT2D eigenvalue weighted by Gasteiger charge is 2.24. The first-order chi connectivity index (χ1) is 10.4. The number of carbonyl (C=O) groups excluding carboxylic acids is 1. The van der Waals surface area contributed by atoms with E-state index in [1.807, 2.05) is 32.2 Å². The molecule has 0 saturated carbocycles. The fourth-order valence-electron chi connectivity index (χ4n) is 2.29. The number of urea groups is 1. The van der Waals surface area contributed by atoms with Crippen LogP contribution in [0.3, 0.4) is 0 Å². The molecule has 1 aromatic heterocycles. The molecule has 2 aromatic rings. The van der Waals surface area contributed by atoms with Gasteiger partial charge in [0, 0.05) is 13.2 Å². The standard InChI is InChI=1S/C15H23N5OSi/c1-12(14-19-17-10-20(14)2)18-15(21)16-11-22(3,4)13-8-6-5-7-9-13/h5-10,12H,11H2,1-4H3,(H2,16,18,21). The molecule has 7 heteroatoms. The first-order valence-corrected chi connectivity index (χ1v) is 10.5. The van der Waals surface area contributed by atoms with Crippen LogP contribution in [-0.2, 0) is 7.05 Å². The van der Waals surface area contributed by atoms with Crippen molar-refractivity contribution in [1.29, 1.82) is 0 Å². The van der Waals surface area contributed by atoms with Gasteiger partial charge in [-0.3, -0.25) is 0 Å². The highest BCUT2D eigenvalue weighted by Crippen LogP contribution is 2.07. The molecule has 22 heavy (non-hydrogen) atoms. The second-order valence-electron chi connectivity index (χ2n) is 6.10. The van der Waals surface area contributed by atoms with Crippen molar-refractivity contribution in [3.63, 3.8) is 0 Å². The fraction of sp³-hybridized carbons (Fsp3) is 0.400. The summed E-state index contributed by atoms with van der Waals surface area (Å²) in [4.78, 5) is 12.1. The normalized spacial score (nSPS) is 12.7. The Morgan fingerprint density at radius 1 is 1.32 bits per heavy atom. The van der Waals surface area contributed by atoms with Crippen LogP contribution in [0.5, 0.6) is 0 Å². The highest BCUT2D eigenvalue weighted by molar-refractivity contribution is 6.90. The molecule has 1 unspecified atom stereocenters. The zero-order chi connectivity index (χ0) is 16.2. The summed E-state index contributed by atoms with van der Waals surface area (Å²) < 4.78 is 1.80. The summed E-state index contributed by atoms with van der Waals surface area (Å²) in [6.07, 6.45) is 2.31. The van der Waals surface area contributed by atoms with Gasteiger partial charge in [-0.1, -0.05) is 48.6 Å². The highest BCUT2D eigenvalue weighted by atomic mass is 28.3. The summed E-state index contributed by atoms with van der Waals surface area (Å²) in [6, 6.07) is 10.0. The molecule has 2 amide bonds. The molecule has 118 valence electrons. The SMILES string of the molecule is CC(NC(=O)NC[Si](C)(C)c1ccccc1)c1nncn1C. The Morgan fingerprint density at radius 2 is 2.00 bits per heavy atom. The lowest BCUT2D eigenvalue weighted by atomic mass is 10.3. The number of amides is 2. The number of nitrogens with one attached hydrogen (secondary N) is 2. The summed E-state index contributed by atoms with van der Waals surface area (Å²) >= 11 is 0. The number of rotatable bonds is 5. The second-order valence-corrected chi connectivity index (χ2v) is 10.8. The number of hydrogen-bond donors (Lipinski definition) is 2. The lowest BCUT2D eigenvalue weighted by Gasteiger charge is -2.24. The van der Waals surface area contributed by atoms with Gasteiger partial charge < -0.3 is 15.2 Å². The molecule has 0 aliphatic rings. The van der Waals surface area contributed by atoms with E-state index in [2.05, 4.69) is 46.1 Å². The number of benzene rings is 1. The smallest absolute Gasteiger partial charge is 0.315 e. The molecule has 0 fully saturated rings. The molecule has 1 atom stereocenters. The van der Waals surface area contributed by atoms with Crippen molar-refractivity contribution in [2.24, 2.45) is 7.05 Å². The summed E-state index contributed by atoms with van der Waals surface area (Å²) in [6.45, 7) is 6.38. The number of nitrogens with zero attached hydrogens (tertiary/aromatic N) is 3. The van der Waals surface area contributed by atoms with E-state index in [0.29, 0.717) is 6.17 Å². The number of carbonyl (C=O) groups is 1. The van der Waals surface area contributed by atoms with Crippen molar-refractivity contribution in [2.75, 3.05) is 6.17 Å². The Kier molecular flexibility index (Phi) is 4.97. The quantitative estimate of drug-likeness (QED) is 0.817. The molecule has 2 N–H and O–H groups in total. The molecule has 0 bridgehead atoms. The van der Waals surface area contributed by atoms with Gasteiger partial charge in [-0.05, 0) is 6.92 Å². The van der Waals surface area contributed by atoms with Crippen molar-refractivity contribution in [3.8, 4) is 0 Å². The van der Waals surface area contributed by atoms with Crippen molar-refractivity contribution in [3.05, 3.63) is 42.5 Å². The maximum atomic E-state index is 12.1. The lowest BCUT2D eigenvalue weighted by Crippen LogP contribution is -2.53. The molecular formula is C15H23N5OSi. The molecule has 0 aliphatic heterocycles. The number of aromatic nitrogens is 3. The van der Waals surface area contributed by atoms with E-state index in [4.69, 9.17) is 0 Å². The largest absolute Gasteiger partial charge is 0.341 e. The lowest BCUT2D eigenvalue weighted by molar-refractivity contribution is 0.238. The summed E-state index contributed by atoms with van der Waals surface area (Å²) in [7, 11) is 0.182. The zero-order valence-corrected chi connectivity index (χ0v) is 14.5. The van der Waals surface area contributed by atoms with Crippen LogP contribution in [0.15, 0.2) is 36.7 Å². The number of hydrogen-bond acceptors (Lipinski definition) is 3. The van der Waals surface area contributed by atoms with Gasteiger partial charge in [0.15, 0.2) is 5.82 Å². The third kappa shape index (κ3) is 3.94. The molecule has 1 heterocycles. The van der Waals surface area contributed by atoms with Gasteiger partial charge >= 0.3 is 6.03 Å². The Balaban J connectivity index is 1.89. The van der Waals surface area contributed by atoms with Crippen LogP contribution in [0.25, 0.3) is 0 Å². The maximum absolute atomic E-state index is 12.1. The van der Waals surface area contributed by atoms with Crippen LogP contribution in [0.4, 0.5) is 4.79 Å². The third-order valence-electron chi connectivity index (χ3n) is 3.73. The van der Waals surface area contributed by atoms with Crippen molar-refractivity contribution in [2.45, 2.75) is 26.1 Å². The predicted molar refractivity (Wildman–Crippen MR) is 89.5 cm³/mol. The van der Waals surface area contributed by atoms with Crippen LogP contribution >= 0.6 is 0 Å². The molecule has 0 radical (unpaired) electrons. The van der Waals surface area contributed by atoms with E-state index >= 15 is 0 Å². The second kappa shape index (κ2) is 6.74. The minimum absolute atomic E-state index is 0.174. The van der Waals surface area contributed by atoms with E-state index in [9.17, 15) is 4.79 Å². The van der Waals surface area contributed by atoms with Gasteiger partial charge in [-0.25, -0.2) is 4.79 Å². The van der Waals surface area contributed by atoms with Crippen LogP contribution in [0, 0.1) is 0 Å². The van der Waals surface area contributed by atoms with E-state index in [1.54, 1.807) is 10.9 Å². The Bertz CT molecular complexity index is 626. The van der Waals surface area contributed by atoms with Crippen molar-refractivity contribution in [1.82, 2.24) is 25.4 Å². The average molecular weight is 317 g/mol. The van der Waals surface area contributed by atoms with Gasteiger partial charge in [0.25, 0.3) is 0 Å². The van der Waals surface area contributed by atoms with Crippen LogP contribution in [0.2, 0.25) is 13.1 Å². The van der Waals surface area contributed by atoms with Gasteiger partial charge in [0.2, 0.25) is 0 Å². The minimum Gasteiger partial charge on any atom is -0.341 e. The summed E-state index contributed by atoms with van der Waals surface area (Å²) in [5.74, 6) is 0.731. The fourth-order valence-corrected chi connectivity index (χ4v) is 4.19. The van der Waals surface area contributed by atoms with E-state index in [1.165, 1.54) is 5.19 Å². The molecule has 6 nitrogen and oxygen atoms in total. The summed E-state index contributed by atoms with van der Waals surface area (Å²) in [5, 5.41) is 15.0. The van der Waals surface area contributed by atoms with Gasteiger partial charge in [0.1, 0.15) is 14.4 Å². The average Bonchev–Trinajstić information content (AvgIpc) is 2.92. The third-order valence-corrected chi connectivity index (χ3v) is 6.68. The van der Waals surface area contributed by atoms with Crippen molar-refractivity contribution >= 4 is 19.3 Å². The molecule has 0 saturated heterocycles. The Morgan fingerprint density at radius 3 is 2.59 bits per heavy atom. The van der Waals surface area contributed by atoms with Crippen LogP contribution in [-0.4, -0.2) is 35.0 Å². The molecule has 1 aromatic carbocycles. The summed E-state index contributed by atoms with van der Waals surface area (Å²) in [5.41, 5.74) is 0. The molecular weight excluding hydrogens is 294 g/mol. The minimum atomic E-state index is -1.68. The first-order valence-electron chi connectivity index (χ1n) is 7.34. The van der Waals surface area contributed by atoms with Gasteiger partial charge in [-0.2, -0.15) is 0 Å². The van der Waals surface area contributed by atoms with Gasteiger partial charge in [0.05, 0.1) is 6.04 Å². The van der Waals surface area contributed by atoms with Gasteiger partial charge in [-0.15, -0.1) is 10.2 Å². The Labute approximate surface area is 132 Å². The molecule has 2 rings (SSSR count). The van der Waals surface area contributed by atoms with E-state index < -0.39 is 8.07 Å². The molecule has 0 spiro atoms. The van der Waals surface area contributed by atoms with Crippen LogP contribution in [0.1, 0.15) is 18.8 Å². The zero-order valence-electron chi connectivity index (χ0n) is 13.5. The van der Waals surface area contributed by atoms with E-state index in [-0.39, 0.29) is 12.1 Å². The van der Waals surface area contributed by atoms with Crippen molar-refractivity contribution < 1.29 is 4.79 Å². The topological polar surface area (TPSA) is 71.8 Å². The predicted octanol–water partition coefficient (Wildman–Crippen LogP) is 1.33. The Hall–Kier alpha value is -2.15. The first kappa shape index (κ1) is 16.2. The van der Waals surface area contributed by atoms with Crippen LogP contribution < -0.4 is 15.8 Å². The maximum Gasteiger partial charge on any atom is 0.315 e. The van der Waals surface area contributed by atoms with E-state index in [0.717, 1.165) is 5.82 Å². The molecule has 0 aliphatic carbocycles.